The minimum Gasteiger partial charge on any atom is -0.496 e. The van der Waals surface area contributed by atoms with E-state index in [1.54, 1.807) is 7.11 Å². The summed E-state index contributed by atoms with van der Waals surface area (Å²) in [6.45, 7) is 6.05. The third-order valence-electron chi connectivity index (χ3n) is 3.69. The van der Waals surface area contributed by atoms with Crippen molar-refractivity contribution in [2.24, 2.45) is 0 Å². The molecule has 3 unspecified atom stereocenters. The second-order valence-corrected chi connectivity index (χ2v) is 5.11. The molecule has 19 heavy (non-hydrogen) atoms. The van der Waals surface area contributed by atoms with Crippen LogP contribution in [0.2, 0.25) is 0 Å². The van der Waals surface area contributed by atoms with Gasteiger partial charge in [0.25, 0.3) is 0 Å². The first-order valence-electron chi connectivity index (χ1n) is 7.06. The molecule has 3 heteroatoms. The van der Waals surface area contributed by atoms with E-state index in [0.717, 1.165) is 17.7 Å². The molecule has 1 aromatic rings. The summed E-state index contributed by atoms with van der Waals surface area (Å²) in [5.41, 5.74) is 2.36. The third-order valence-corrected chi connectivity index (χ3v) is 3.69. The van der Waals surface area contributed by atoms with Gasteiger partial charge >= 0.3 is 0 Å². The van der Waals surface area contributed by atoms with Gasteiger partial charge in [-0.2, -0.15) is 0 Å². The molecule has 0 aliphatic heterocycles. The number of aryl methyl sites for hydroxylation is 1. The van der Waals surface area contributed by atoms with E-state index in [4.69, 9.17) is 4.74 Å². The second-order valence-electron chi connectivity index (χ2n) is 5.11. The van der Waals surface area contributed by atoms with Gasteiger partial charge in [-0.25, -0.2) is 0 Å². The summed E-state index contributed by atoms with van der Waals surface area (Å²) in [6.07, 6.45) is 0.750. The van der Waals surface area contributed by atoms with Crippen molar-refractivity contribution in [1.29, 1.82) is 0 Å². The second kappa shape index (κ2) is 7.51. The highest BCUT2D eigenvalue weighted by Gasteiger charge is 2.20. The first kappa shape index (κ1) is 16.0. The quantitative estimate of drug-likeness (QED) is 0.798. The standard InChI is InChI=1S/C16H26O3/c1-5-12-7-8-16(19-4)13(10-12)11(3)9-15(18)14(17)6-2/h7-8,10-11,14-15,17-18H,5-6,9H2,1-4H3. The molecule has 0 aliphatic carbocycles. The highest BCUT2D eigenvalue weighted by atomic mass is 16.5. The SMILES string of the molecule is CCc1ccc(OC)c(C(C)CC(O)C(O)CC)c1. The van der Waals surface area contributed by atoms with E-state index >= 15 is 0 Å². The molecule has 0 aromatic heterocycles. The fraction of sp³-hybridized carbons (Fsp3) is 0.625. The van der Waals surface area contributed by atoms with Crippen LogP contribution in [0.1, 0.15) is 50.7 Å². The van der Waals surface area contributed by atoms with Gasteiger partial charge in [0, 0.05) is 0 Å². The van der Waals surface area contributed by atoms with E-state index in [2.05, 4.69) is 26.0 Å². The van der Waals surface area contributed by atoms with Gasteiger partial charge in [-0.3, -0.25) is 0 Å². The minimum atomic E-state index is -0.685. The zero-order valence-electron chi connectivity index (χ0n) is 12.4. The largest absolute Gasteiger partial charge is 0.496 e. The molecule has 0 amide bonds. The van der Waals surface area contributed by atoms with Crippen LogP contribution in [0.15, 0.2) is 18.2 Å². The topological polar surface area (TPSA) is 49.7 Å². The molecule has 3 atom stereocenters. The van der Waals surface area contributed by atoms with Crippen molar-refractivity contribution in [2.45, 2.75) is 58.2 Å². The van der Waals surface area contributed by atoms with Gasteiger partial charge < -0.3 is 14.9 Å². The highest BCUT2D eigenvalue weighted by molar-refractivity contribution is 5.39. The first-order chi connectivity index (χ1) is 9.03. The summed E-state index contributed by atoms with van der Waals surface area (Å²) in [5.74, 6) is 1.00. The van der Waals surface area contributed by atoms with Crippen molar-refractivity contribution in [3.63, 3.8) is 0 Å². The molecule has 1 rings (SSSR count). The predicted molar refractivity (Wildman–Crippen MR) is 77.7 cm³/mol. The summed E-state index contributed by atoms with van der Waals surface area (Å²) in [5, 5.41) is 19.6. The van der Waals surface area contributed by atoms with Crippen LogP contribution >= 0.6 is 0 Å². The summed E-state index contributed by atoms with van der Waals surface area (Å²) in [6, 6.07) is 6.17. The Morgan fingerprint density at radius 1 is 1.16 bits per heavy atom. The molecule has 0 saturated heterocycles. The fourth-order valence-electron chi connectivity index (χ4n) is 2.31. The number of hydrogen-bond donors (Lipinski definition) is 2. The Labute approximate surface area is 116 Å². The monoisotopic (exact) mass is 266 g/mol. The van der Waals surface area contributed by atoms with Crippen LogP contribution in [0, 0.1) is 0 Å². The van der Waals surface area contributed by atoms with Crippen molar-refractivity contribution < 1.29 is 14.9 Å². The molecule has 2 N–H and O–H groups in total. The molecular weight excluding hydrogens is 240 g/mol. The zero-order valence-corrected chi connectivity index (χ0v) is 12.4. The van der Waals surface area contributed by atoms with Crippen molar-refractivity contribution in [2.75, 3.05) is 7.11 Å². The number of aliphatic hydroxyl groups excluding tert-OH is 2. The van der Waals surface area contributed by atoms with Gasteiger partial charge in [0.1, 0.15) is 5.75 Å². The normalized spacial score (nSPS) is 15.9. The summed E-state index contributed by atoms with van der Waals surface area (Å²) in [4.78, 5) is 0. The van der Waals surface area contributed by atoms with E-state index in [1.165, 1.54) is 5.56 Å². The lowest BCUT2D eigenvalue weighted by Crippen LogP contribution is -2.26. The summed E-state index contributed by atoms with van der Waals surface area (Å²) >= 11 is 0. The molecule has 0 bridgehead atoms. The summed E-state index contributed by atoms with van der Waals surface area (Å²) in [7, 11) is 1.66. The Morgan fingerprint density at radius 2 is 1.84 bits per heavy atom. The van der Waals surface area contributed by atoms with Gasteiger partial charge in [0.15, 0.2) is 0 Å². The highest BCUT2D eigenvalue weighted by Crippen LogP contribution is 2.31. The number of aliphatic hydroxyl groups is 2. The molecule has 0 aliphatic rings. The number of ether oxygens (including phenoxy) is 1. The van der Waals surface area contributed by atoms with Crippen molar-refractivity contribution in [3.8, 4) is 5.75 Å². The molecule has 0 saturated carbocycles. The Hall–Kier alpha value is -1.06. The molecule has 0 radical (unpaired) electrons. The summed E-state index contributed by atoms with van der Waals surface area (Å²) < 4.78 is 5.39. The molecular formula is C16H26O3. The van der Waals surface area contributed by atoms with E-state index in [1.807, 2.05) is 13.0 Å². The average Bonchev–Trinajstić information content (AvgIpc) is 2.45. The first-order valence-corrected chi connectivity index (χ1v) is 7.06. The van der Waals surface area contributed by atoms with Crippen molar-refractivity contribution in [1.82, 2.24) is 0 Å². The smallest absolute Gasteiger partial charge is 0.122 e. The minimum absolute atomic E-state index is 0.151. The van der Waals surface area contributed by atoms with Gasteiger partial charge in [0.05, 0.1) is 19.3 Å². The van der Waals surface area contributed by atoms with Gasteiger partial charge in [-0.15, -0.1) is 0 Å². The van der Waals surface area contributed by atoms with Gasteiger partial charge in [-0.05, 0) is 42.4 Å². The third kappa shape index (κ3) is 4.22. The number of benzene rings is 1. The Morgan fingerprint density at radius 3 is 2.37 bits per heavy atom. The van der Waals surface area contributed by atoms with E-state index < -0.39 is 12.2 Å². The Bertz CT molecular complexity index is 390. The molecule has 0 spiro atoms. The maximum absolute atomic E-state index is 9.95. The number of rotatable bonds is 7. The van der Waals surface area contributed by atoms with Crippen molar-refractivity contribution in [3.05, 3.63) is 29.3 Å². The van der Waals surface area contributed by atoms with E-state index in [0.29, 0.717) is 12.8 Å². The lowest BCUT2D eigenvalue weighted by atomic mass is 9.90. The van der Waals surface area contributed by atoms with Crippen LogP contribution < -0.4 is 4.74 Å². The average molecular weight is 266 g/mol. The van der Waals surface area contributed by atoms with Crippen LogP contribution in [0.3, 0.4) is 0 Å². The van der Waals surface area contributed by atoms with Gasteiger partial charge in [0.2, 0.25) is 0 Å². The molecule has 108 valence electrons. The Balaban J connectivity index is 2.88. The Kier molecular flexibility index (Phi) is 6.32. The zero-order chi connectivity index (χ0) is 14.4. The van der Waals surface area contributed by atoms with Crippen molar-refractivity contribution >= 4 is 0 Å². The van der Waals surface area contributed by atoms with Crippen LogP contribution in [-0.2, 0) is 6.42 Å². The van der Waals surface area contributed by atoms with Crippen LogP contribution in [0.5, 0.6) is 5.75 Å². The lowest BCUT2D eigenvalue weighted by molar-refractivity contribution is 0.00943. The number of hydrogen-bond acceptors (Lipinski definition) is 3. The fourth-order valence-corrected chi connectivity index (χ4v) is 2.31. The molecule has 1 aromatic carbocycles. The number of methoxy groups -OCH3 is 1. The molecule has 3 nitrogen and oxygen atoms in total. The van der Waals surface area contributed by atoms with Crippen LogP contribution in [-0.4, -0.2) is 29.5 Å². The molecule has 0 fully saturated rings. The lowest BCUT2D eigenvalue weighted by Gasteiger charge is -2.22. The predicted octanol–water partition coefficient (Wildman–Crippen LogP) is 2.88. The molecule has 0 heterocycles. The van der Waals surface area contributed by atoms with Gasteiger partial charge in [-0.1, -0.05) is 32.9 Å². The maximum atomic E-state index is 9.95. The van der Waals surface area contributed by atoms with E-state index in [-0.39, 0.29) is 5.92 Å². The van der Waals surface area contributed by atoms with E-state index in [9.17, 15) is 10.2 Å². The van der Waals surface area contributed by atoms with Crippen LogP contribution in [0.4, 0.5) is 0 Å². The maximum Gasteiger partial charge on any atom is 0.122 e. The van der Waals surface area contributed by atoms with Crippen LogP contribution in [0.25, 0.3) is 0 Å².